The van der Waals surface area contributed by atoms with Crippen LogP contribution in [0.4, 0.5) is 0 Å². The number of hydroxylamine groups is 2. The maximum absolute atomic E-state index is 11.2. The minimum absolute atomic E-state index is 0.00119. The molecule has 2 atom stereocenters. The molecule has 0 unspecified atom stereocenters. The molecular formula is C13H15NO3. The van der Waals surface area contributed by atoms with E-state index in [-0.39, 0.29) is 18.2 Å². The van der Waals surface area contributed by atoms with Gasteiger partial charge < -0.3 is 4.74 Å². The van der Waals surface area contributed by atoms with Crippen molar-refractivity contribution < 1.29 is 14.4 Å². The number of carbonyl (C=O) groups is 1. The molecule has 4 heteroatoms. The van der Waals surface area contributed by atoms with Gasteiger partial charge in [0.2, 0.25) is 0 Å². The van der Waals surface area contributed by atoms with Crippen molar-refractivity contribution in [2.45, 2.75) is 31.6 Å². The van der Waals surface area contributed by atoms with Crippen molar-refractivity contribution in [1.29, 1.82) is 0 Å². The van der Waals surface area contributed by atoms with Crippen molar-refractivity contribution in [3.8, 4) is 0 Å². The molecular weight excluding hydrogens is 218 g/mol. The zero-order valence-corrected chi connectivity index (χ0v) is 9.54. The second-order valence-electron chi connectivity index (χ2n) is 4.59. The highest BCUT2D eigenvalue weighted by Crippen LogP contribution is 2.26. The van der Waals surface area contributed by atoms with E-state index in [0.717, 1.165) is 13.0 Å². The van der Waals surface area contributed by atoms with E-state index in [9.17, 15) is 4.79 Å². The van der Waals surface area contributed by atoms with E-state index in [2.05, 4.69) is 12.1 Å². The molecule has 0 amide bonds. The number of fused-ring (bicyclic) bond motifs is 2. The Morgan fingerprint density at radius 1 is 1.24 bits per heavy atom. The number of rotatable bonds is 2. The Balaban J connectivity index is 1.65. The average Bonchev–Trinajstić information content (AvgIpc) is 2.28. The van der Waals surface area contributed by atoms with Crippen molar-refractivity contribution >= 4 is 5.97 Å². The van der Waals surface area contributed by atoms with Gasteiger partial charge in [0, 0.05) is 13.0 Å². The van der Waals surface area contributed by atoms with Crippen LogP contribution < -0.4 is 0 Å². The monoisotopic (exact) mass is 233 g/mol. The van der Waals surface area contributed by atoms with Crippen molar-refractivity contribution in [2.24, 2.45) is 0 Å². The minimum Gasteiger partial charge on any atom is -0.461 e. The van der Waals surface area contributed by atoms with Crippen LogP contribution >= 0.6 is 0 Å². The molecule has 4 nitrogen and oxygen atoms in total. The molecule has 2 aliphatic rings. The first-order valence-electron chi connectivity index (χ1n) is 5.95. The third-order valence-electron chi connectivity index (χ3n) is 3.13. The minimum atomic E-state index is -0.134. The number of hydrogen-bond acceptors (Lipinski definition) is 4. The van der Waals surface area contributed by atoms with Crippen molar-refractivity contribution in [1.82, 2.24) is 5.06 Å². The molecule has 0 aliphatic carbocycles. The summed E-state index contributed by atoms with van der Waals surface area (Å²) in [7, 11) is 0. The van der Waals surface area contributed by atoms with Gasteiger partial charge in [-0.2, -0.15) is 5.06 Å². The molecule has 0 spiro atoms. The summed E-state index contributed by atoms with van der Waals surface area (Å²) in [6.45, 7) is 1.41. The first kappa shape index (κ1) is 10.7. The summed E-state index contributed by atoms with van der Waals surface area (Å²) in [4.78, 5) is 17.0. The predicted octanol–water partition coefficient (Wildman–Crippen LogP) is 1.51. The number of esters is 1. The highest BCUT2D eigenvalue weighted by molar-refractivity contribution is 5.71. The van der Waals surface area contributed by atoms with Gasteiger partial charge in [-0.1, -0.05) is 30.3 Å². The molecule has 2 heterocycles. The number of carbonyl (C=O) groups excluding carboxylic acids is 1. The quantitative estimate of drug-likeness (QED) is 0.726. The summed E-state index contributed by atoms with van der Waals surface area (Å²) < 4.78 is 5.26. The van der Waals surface area contributed by atoms with Crippen molar-refractivity contribution in [3.05, 3.63) is 35.9 Å². The molecule has 2 aliphatic heterocycles. The molecule has 1 aromatic rings. The van der Waals surface area contributed by atoms with Gasteiger partial charge in [0.15, 0.2) is 0 Å². The van der Waals surface area contributed by atoms with E-state index in [1.54, 1.807) is 0 Å². The lowest BCUT2D eigenvalue weighted by Gasteiger charge is -2.39. The molecule has 0 N–H and O–H groups in total. The topological polar surface area (TPSA) is 38.8 Å². The third kappa shape index (κ3) is 2.48. The zero-order valence-electron chi connectivity index (χ0n) is 9.54. The fourth-order valence-corrected chi connectivity index (χ4v) is 2.41. The summed E-state index contributed by atoms with van der Waals surface area (Å²) in [6, 6.07) is 10.2. The van der Waals surface area contributed by atoms with Gasteiger partial charge in [0.1, 0.15) is 6.10 Å². The Morgan fingerprint density at radius 3 is 2.82 bits per heavy atom. The van der Waals surface area contributed by atoms with Crippen LogP contribution in [0.2, 0.25) is 0 Å². The largest absolute Gasteiger partial charge is 0.461 e. The molecule has 90 valence electrons. The molecule has 2 fully saturated rings. The Labute approximate surface area is 100 Å². The van der Waals surface area contributed by atoms with Crippen LogP contribution in [0, 0.1) is 0 Å². The molecule has 2 saturated heterocycles. The highest BCUT2D eigenvalue weighted by atomic mass is 16.7. The number of ether oxygens (including phenoxy) is 1. The summed E-state index contributed by atoms with van der Waals surface area (Å²) in [5, 5.41) is 1.90. The van der Waals surface area contributed by atoms with E-state index in [4.69, 9.17) is 9.57 Å². The number of benzene rings is 1. The lowest BCUT2D eigenvalue weighted by atomic mass is 10.0. The van der Waals surface area contributed by atoms with Gasteiger partial charge in [-0.05, 0) is 5.56 Å². The van der Waals surface area contributed by atoms with E-state index >= 15 is 0 Å². The van der Waals surface area contributed by atoms with Crippen molar-refractivity contribution in [3.63, 3.8) is 0 Å². The normalized spacial score (nSPS) is 28.8. The van der Waals surface area contributed by atoms with Crippen LogP contribution in [0.15, 0.2) is 30.3 Å². The van der Waals surface area contributed by atoms with Gasteiger partial charge in [-0.15, -0.1) is 0 Å². The molecule has 0 saturated carbocycles. The molecule has 2 bridgehead atoms. The number of hydrogen-bond donors (Lipinski definition) is 0. The first-order chi connectivity index (χ1) is 8.29. The summed E-state index contributed by atoms with van der Waals surface area (Å²) >= 11 is 0. The van der Waals surface area contributed by atoms with Crippen LogP contribution in [-0.2, 0) is 20.9 Å². The van der Waals surface area contributed by atoms with Crippen molar-refractivity contribution in [2.75, 3.05) is 6.54 Å². The van der Waals surface area contributed by atoms with Crippen LogP contribution in [0.1, 0.15) is 18.4 Å². The van der Waals surface area contributed by atoms with Gasteiger partial charge in [-0.3, -0.25) is 9.63 Å². The fourth-order valence-electron chi connectivity index (χ4n) is 2.41. The average molecular weight is 233 g/mol. The van der Waals surface area contributed by atoms with E-state index in [1.165, 1.54) is 5.56 Å². The second-order valence-corrected chi connectivity index (χ2v) is 4.59. The van der Waals surface area contributed by atoms with E-state index in [0.29, 0.717) is 13.0 Å². The second kappa shape index (κ2) is 4.47. The van der Waals surface area contributed by atoms with Gasteiger partial charge in [0.25, 0.3) is 0 Å². The summed E-state index contributed by atoms with van der Waals surface area (Å²) in [6.07, 6.45) is 1.20. The maximum Gasteiger partial charge on any atom is 0.308 e. The van der Waals surface area contributed by atoms with Gasteiger partial charge in [-0.25, -0.2) is 0 Å². The standard InChI is InChI=1S/C13H15NO3/c15-13-7-11-6-12(16-13)9-14(17-11)8-10-4-2-1-3-5-10/h1-5,11-12H,6-9H2/t11-,12-/m0/s1. The van der Waals surface area contributed by atoms with Crippen LogP contribution in [0.3, 0.4) is 0 Å². The Bertz CT molecular complexity index is 390. The Hall–Kier alpha value is -1.39. The van der Waals surface area contributed by atoms with Crippen LogP contribution in [0.25, 0.3) is 0 Å². The first-order valence-corrected chi connectivity index (χ1v) is 5.95. The van der Waals surface area contributed by atoms with E-state index < -0.39 is 0 Å². The summed E-state index contributed by atoms with van der Waals surface area (Å²) in [5.41, 5.74) is 1.21. The molecule has 0 radical (unpaired) electrons. The Kier molecular flexibility index (Phi) is 2.82. The molecule has 3 rings (SSSR count). The van der Waals surface area contributed by atoms with Gasteiger partial charge in [0.05, 0.1) is 19.1 Å². The highest BCUT2D eigenvalue weighted by Gasteiger charge is 2.36. The maximum atomic E-state index is 11.2. The van der Waals surface area contributed by atoms with Crippen LogP contribution in [0.5, 0.6) is 0 Å². The predicted molar refractivity (Wildman–Crippen MR) is 60.8 cm³/mol. The van der Waals surface area contributed by atoms with E-state index in [1.807, 2.05) is 23.3 Å². The number of nitrogens with zero attached hydrogens (tertiary/aromatic N) is 1. The molecule has 17 heavy (non-hydrogen) atoms. The summed E-state index contributed by atoms with van der Waals surface area (Å²) in [5.74, 6) is -0.134. The molecule has 0 aromatic heterocycles. The van der Waals surface area contributed by atoms with Crippen LogP contribution in [-0.4, -0.2) is 29.8 Å². The smallest absolute Gasteiger partial charge is 0.308 e. The fraction of sp³-hybridized carbons (Fsp3) is 0.462. The zero-order chi connectivity index (χ0) is 11.7. The SMILES string of the molecule is O=C1C[C@@H]2C[C@@H](CN(Cc3ccccc3)O2)O1. The third-order valence-corrected chi connectivity index (χ3v) is 3.13. The lowest BCUT2D eigenvalue weighted by Crippen LogP contribution is -2.49. The molecule has 1 aromatic carbocycles. The Morgan fingerprint density at radius 2 is 2.06 bits per heavy atom. The van der Waals surface area contributed by atoms with Gasteiger partial charge >= 0.3 is 5.97 Å². The lowest BCUT2D eigenvalue weighted by molar-refractivity contribution is -0.269.